The molecule has 0 amide bonds. The second-order valence-electron chi connectivity index (χ2n) is 4.54. The molecule has 82 valence electrons. The summed E-state index contributed by atoms with van der Waals surface area (Å²) in [6.07, 6.45) is 4.69. The topological polar surface area (TPSA) is 50.1 Å². The normalized spacial score (nSPS) is 30.5. The van der Waals surface area contributed by atoms with Crippen molar-refractivity contribution in [3.05, 3.63) is 17.7 Å². The van der Waals surface area contributed by atoms with Crippen LogP contribution in [0, 0.1) is 0 Å². The third kappa shape index (κ3) is 1.48. The van der Waals surface area contributed by atoms with Crippen molar-refractivity contribution in [2.45, 2.75) is 37.8 Å². The molecule has 4 heteroatoms. The number of aliphatic hydroxyl groups is 1. The Kier molecular flexibility index (Phi) is 2.25. The molecule has 3 heterocycles. The van der Waals surface area contributed by atoms with Gasteiger partial charge < -0.3 is 15.0 Å². The predicted molar refractivity (Wildman–Crippen MR) is 56.6 cm³/mol. The second-order valence-corrected chi connectivity index (χ2v) is 4.54. The van der Waals surface area contributed by atoms with Gasteiger partial charge in [0.2, 0.25) is 0 Å². The summed E-state index contributed by atoms with van der Waals surface area (Å²) < 4.78 is 2.23. The summed E-state index contributed by atoms with van der Waals surface area (Å²) in [4.78, 5) is 4.49. The molecule has 4 nitrogen and oxygen atoms in total. The standard InChI is InChI=1S/C11H17N3O/c15-10-2-1-5-14-9(10)7-13-11(14)8-3-4-12-6-8/h7-8,10,12,15H,1-6H2. The van der Waals surface area contributed by atoms with Crippen molar-refractivity contribution in [2.75, 3.05) is 13.1 Å². The van der Waals surface area contributed by atoms with Gasteiger partial charge in [-0.1, -0.05) is 0 Å². The van der Waals surface area contributed by atoms with E-state index in [1.54, 1.807) is 0 Å². The van der Waals surface area contributed by atoms with Crippen LogP contribution in [-0.2, 0) is 6.54 Å². The van der Waals surface area contributed by atoms with Gasteiger partial charge in [-0.15, -0.1) is 0 Å². The highest BCUT2D eigenvalue weighted by Crippen LogP contribution is 2.30. The van der Waals surface area contributed by atoms with Gasteiger partial charge in [-0.05, 0) is 25.8 Å². The smallest absolute Gasteiger partial charge is 0.113 e. The molecule has 1 aromatic rings. The minimum absolute atomic E-state index is 0.297. The van der Waals surface area contributed by atoms with Crippen molar-refractivity contribution in [3.8, 4) is 0 Å². The summed E-state index contributed by atoms with van der Waals surface area (Å²) in [6, 6.07) is 0. The molecule has 2 atom stereocenters. The van der Waals surface area contributed by atoms with Crippen LogP contribution in [0.3, 0.4) is 0 Å². The zero-order chi connectivity index (χ0) is 10.3. The van der Waals surface area contributed by atoms with Gasteiger partial charge in [0.25, 0.3) is 0 Å². The zero-order valence-corrected chi connectivity index (χ0v) is 8.82. The molecule has 0 radical (unpaired) electrons. The van der Waals surface area contributed by atoms with Gasteiger partial charge in [-0.2, -0.15) is 0 Å². The number of aromatic nitrogens is 2. The first-order valence-electron chi connectivity index (χ1n) is 5.80. The number of nitrogens with zero attached hydrogens (tertiary/aromatic N) is 2. The van der Waals surface area contributed by atoms with Gasteiger partial charge in [0.05, 0.1) is 18.0 Å². The summed E-state index contributed by atoms with van der Waals surface area (Å²) >= 11 is 0. The summed E-state index contributed by atoms with van der Waals surface area (Å²) in [6.45, 7) is 3.15. The van der Waals surface area contributed by atoms with Crippen LogP contribution < -0.4 is 5.32 Å². The summed E-state index contributed by atoms with van der Waals surface area (Å²) in [5, 5.41) is 13.2. The molecule has 2 aliphatic heterocycles. The lowest BCUT2D eigenvalue weighted by Gasteiger charge is -2.22. The minimum Gasteiger partial charge on any atom is -0.387 e. The maximum atomic E-state index is 9.84. The Labute approximate surface area is 89.3 Å². The highest BCUT2D eigenvalue weighted by Gasteiger charge is 2.26. The SMILES string of the molecule is OC1CCCn2c1cnc2C1CCNC1. The van der Waals surface area contributed by atoms with Crippen LogP contribution in [0.15, 0.2) is 6.20 Å². The number of hydrogen-bond acceptors (Lipinski definition) is 3. The fourth-order valence-electron chi connectivity index (χ4n) is 2.70. The van der Waals surface area contributed by atoms with Crippen molar-refractivity contribution in [3.63, 3.8) is 0 Å². The van der Waals surface area contributed by atoms with Gasteiger partial charge in [0, 0.05) is 19.0 Å². The first-order chi connectivity index (χ1) is 7.36. The number of hydrogen-bond donors (Lipinski definition) is 2. The van der Waals surface area contributed by atoms with E-state index in [0.29, 0.717) is 5.92 Å². The van der Waals surface area contributed by atoms with E-state index < -0.39 is 0 Å². The van der Waals surface area contributed by atoms with Crippen LogP contribution in [0.25, 0.3) is 0 Å². The average molecular weight is 207 g/mol. The largest absolute Gasteiger partial charge is 0.387 e. The third-order valence-electron chi connectivity index (χ3n) is 3.54. The van der Waals surface area contributed by atoms with E-state index in [1.165, 1.54) is 12.2 Å². The van der Waals surface area contributed by atoms with Gasteiger partial charge in [0.1, 0.15) is 5.82 Å². The first kappa shape index (κ1) is 9.36. The van der Waals surface area contributed by atoms with Crippen LogP contribution >= 0.6 is 0 Å². The highest BCUT2D eigenvalue weighted by atomic mass is 16.3. The van der Waals surface area contributed by atoms with Crippen molar-refractivity contribution >= 4 is 0 Å². The van der Waals surface area contributed by atoms with Crippen LogP contribution in [0.4, 0.5) is 0 Å². The molecule has 1 saturated heterocycles. The molecule has 1 aromatic heterocycles. The average Bonchev–Trinajstić information content (AvgIpc) is 2.85. The van der Waals surface area contributed by atoms with Crippen molar-refractivity contribution < 1.29 is 5.11 Å². The number of fused-ring (bicyclic) bond motifs is 1. The quantitative estimate of drug-likeness (QED) is 0.715. The molecule has 0 saturated carbocycles. The molecule has 15 heavy (non-hydrogen) atoms. The molecule has 1 fully saturated rings. The number of nitrogens with one attached hydrogen (secondary N) is 1. The molecule has 0 aliphatic carbocycles. The fraction of sp³-hybridized carbons (Fsp3) is 0.727. The van der Waals surface area contributed by atoms with E-state index >= 15 is 0 Å². The second kappa shape index (κ2) is 3.61. The lowest BCUT2D eigenvalue weighted by molar-refractivity contribution is 0.138. The van der Waals surface area contributed by atoms with E-state index in [1.807, 2.05) is 6.20 Å². The van der Waals surface area contributed by atoms with Gasteiger partial charge in [0.15, 0.2) is 0 Å². The molecular weight excluding hydrogens is 190 g/mol. The first-order valence-corrected chi connectivity index (χ1v) is 5.80. The highest BCUT2D eigenvalue weighted by molar-refractivity contribution is 5.15. The van der Waals surface area contributed by atoms with Crippen LogP contribution in [0.2, 0.25) is 0 Å². The van der Waals surface area contributed by atoms with Crippen LogP contribution in [-0.4, -0.2) is 27.7 Å². The maximum absolute atomic E-state index is 9.84. The van der Waals surface area contributed by atoms with E-state index in [4.69, 9.17) is 0 Å². The molecule has 0 aromatic carbocycles. The lowest BCUT2D eigenvalue weighted by Crippen LogP contribution is -2.19. The Hall–Kier alpha value is -0.870. The van der Waals surface area contributed by atoms with E-state index in [2.05, 4.69) is 14.9 Å². The Morgan fingerprint density at radius 3 is 3.20 bits per heavy atom. The number of imidazole rings is 1. The van der Waals surface area contributed by atoms with E-state index in [0.717, 1.165) is 38.2 Å². The molecule has 2 aliphatic rings. The Balaban J connectivity index is 1.95. The number of aliphatic hydroxyl groups excluding tert-OH is 1. The van der Waals surface area contributed by atoms with E-state index in [9.17, 15) is 5.11 Å². The van der Waals surface area contributed by atoms with Gasteiger partial charge in [-0.3, -0.25) is 0 Å². The number of rotatable bonds is 1. The monoisotopic (exact) mass is 207 g/mol. The molecule has 0 bridgehead atoms. The molecule has 2 N–H and O–H groups in total. The summed E-state index contributed by atoms with van der Waals surface area (Å²) in [5.74, 6) is 1.72. The van der Waals surface area contributed by atoms with Crippen molar-refractivity contribution in [2.24, 2.45) is 0 Å². The molecule has 2 unspecified atom stereocenters. The zero-order valence-electron chi connectivity index (χ0n) is 8.82. The van der Waals surface area contributed by atoms with Crippen LogP contribution in [0.5, 0.6) is 0 Å². The van der Waals surface area contributed by atoms with E-state index in [-0.39, 0.29) is 6.10 Å². The Morgan fingerprint density at radius 2 is 2.40 bits per heavy atom. The summed E-state index contributed by atoms with van der Waals surface area (Å²) in [7, 11) is 0. The fourth-order valence-corrected chi connectivity index (χ4v) is 2.70. The third-order valence-corrected chi connectivity index (χ3v) is 3.54. The maximum Gasteiger partial charge on any atom is 0.113 e. The lowest BCUT2D eigenvalue weighted by atomic mass is 10.1. The summed E-state index contributed by atoms with van der Waals surface area (Å²) in [5.41, 5.74) is 1.02. The van der Waals surface area contributed by atoms with Gasteiger partial charge >= 0.3 is 0 Å². The predicted octanol–water partition coefficient (Wildman–Crippen LogP) is 0.787. The van der Waals surface area contributed by atoms with Gasteiger partial charge in [-0.25, -0.2) is 4.98 Å². The Morgan fingerprint density at radius 1 is 1.47 bits per heavy atom. The Bertz CT molecular complexity index is 355. The molecule has 0 spiro atoms. The molecule has 3 rings (SSSR count). The van der Waals surface area contributed by atoms with Crippen molar-refractivity contribution in [1.29, 1.82) is 0 Å². The van der Waals surface area contributed by atoms with Crippen LogP contribution in [0.1, 0.15) is 42.8 Å². The molecular formula is C11H17N3O. The van der Waals surface area contributed by atoms with Crippen molar-refractivity contribution in [1.82, 2.24) is 14.9 Å². The minimum atomic E-state index is -0.297.